The third-order valence-corrected chi connectivity index (χ3v) is 4.62. The molecule has 2 saturated heterocycles. The second kappa shape index (κ2) is 9.54. The standard InChI is InChI=1S/C15H29N5O.HI/c1-13-3-6-20(7-4-13)15(16)17-5-8-18-9-11-19(12-10-18)14(2)21;/h13H,3-12H2,1-2H3,(H2,16,17);1H. The van der Waals surface area contributed by atoms with Gasteiger partial charge in [0.15, 0.2) is 5.96 Å². The summed E-state index contributed by atoms with van der Waals surface area (Å²) in [4.78, 5) is 22.3. The fourth-order valence-electron chi connectivity index (χ4n) is 2.93. The Bertz CT molecular complexity index is 374. The highest BCUT2D eigenvalue weighted by molar-refractivity contribution is 14.0. The summed E-state index contributed by atoms with van der Waals surface area (Å²) in [6, 6.07) is 0. The number of hydrogen-bond acceptors (Lipinski definition) is 3. The van der Waals surface area contributed by atoms with E-state index in [4.69, 9.17) is 5.73 Å². The third kappa shape index (κ3) is 5.91. The molecule has 2 fully saturated rings. The van der Waals surface area contributed by atoms with Gasteiger partial charge in [0, 0.05) is 52.7 Å². The molecule has 2 rings (SSSR count). The summed E-state index contributed by atoms with van der Waals surface area (Å²) in [5.41, 5.74) is 6.08. The Labute approximate surface area is 151 Å². The highest BCUT2D eigenvalue weighted by Gasteiger charge is 2.19. The van der Waals surface area contributed by atoms with Crippen molar-refractivity contribution in [2.75, 3.05) is 52.4 Å². The molecule has 0 aliphatic carbocycles. The molecule has 6 nitrogen and oxygen atoms in total. The van der Waals surface area contributed by atoms with Gasteiger partial charge in [-0.2, -0.15) is 0 Å². The molecule has 0 atom stereocenters. The number of amides is 1. The maximum absolute atomic E-state index is 11.3. The van der Waals surface area contributed by atoms with Crippen molar-refractivity contribution in [1.82, 2.24) is 14.7 Å². The van der Waals surface area contributed by atoms with Gasteiger partial charge in [-0.15, -0.1) is 24.0 Å². The number of halogens is 1. The van der Waals surface area contributed by atoms with Crippen LogP contribution in [0.3, 0.4) is 0 Å². The lowest BCUT2D eigenvalue weighted by molar-refractivity contribution is -0.130. The molecule has 1 amide bonds. The predicted octanol–water partition coefficient (Wildman–Crippen LogP) is 0.815. The average molecular weight is 423 g/mol. The van der Waals surface area contributed by atoms with E-state index in [1.165, 1.54) is 12.8 Å². The molecule has 0 aromatic heterocycles. The summed E-state index contributed by atoms with van der Waals surface area (Å²) < 4.78 is 0. The molecule has 0 aromatic rings. The van der Waals surface area contributed by atoms with E-state index in [2.05, 4.69) is 21.7 Å². The highest BCUT2D eigenvalue weighted by Crippen LogP contribution is 2.15. The van der Waals surface area contributed by atoms with Crippen LogP contribution < -0.4 is 5.73 Å². The monoisotopic (exact) mass is 423 g/mol. The number of piperazine rings is 1. The number of hydrogen-bond donors (Lipinski definition) is 1. The number of carbonyl (C=O) groups is 1. The summed E-state index contributed by atoms with van der Waals surface area (Å²) >= 11 is 0. The van der Waals surface area contributed by atoms with Crippen molar-refractivity contribution in [3.63, 3.8) is 0 Å². The first-order valence-electron chi connectivity index (χ1n) is 8.09. The highest BCUT2D eigenvalue weighted by atomic mass is 127. The molecule has 128 valence electrons. The van der Waals surface area contributed by atoms with Crippen LogP contribution in [0.15, 0.2) is 4.99 Å². The molecule has 0 saturated carbocycles. The third-order valence-electron chi connectivity index (χ3n) is 4.62. The minimum absolute atomic E-state index is 0. The molecule has 0 bridgehead atoms. The van der Waals surface area contributed by atoms with Crippen LogP contribution in [-0.4, -0.2) is 78.9 Å². The van der Waals surface area contributed by atoms with E-state index in [0.29, 0.717) is 5.96 Å². The SMILES string of the molecule is CC(=O)N1CCN(CCN=C(N)N2CCC(C)CC2)CC1.I. The number of nitrogens with zero attached hydrogens (tertiary/aromatic N) is 4. The first kappa shape index (κ1) is 19.5. The van der Waals surface area contributed by atoms with Crippen LogP contribution in [0, 0.1) is 5.92 Å². The zero-order valence-electron chi connectivity index (χ0n) is 13.8. The number of guanidine groups is 1. The van der Waals surface area contributed by atoms with Crippen LogP contribution in [0.2, 0.25) is 0 Å². The molecule has 2 heterocycles. The van der Waals surface area contributed by atoms with Crippen molar-refractivity contribution in [2.24, 2.45) is 16.6 Å². The lowest BCUT2D eigenvalue weighted by Gasteiger charge is -2.34. The number of aliphatic imine (C=N–C) groups is 1. The van der Waals surface area contributed by atoms with Gasteiger partial charge >= 0.3 is 0 Å². The van der Waals surface area contributed by atoms with E-state index in [0.717, 1.165) is 58.3 Å². The van der Waals surface area contributed by atoms with Crippen molar-refractivity contribution >= 4 is 35.8 Å². The van der Waals surface area contributed by atoms with Crippen LogP contribution in [-0.2, 0) is 4.79 Å². The van der Waals surface area contributed by atoms with Crippen molar-refractivity contribution in [3.8, 4) is 0 Å². The molecule has 0 spiro atoms. The fourth-order valence-corrected chi connectivity index (χ4v) is 2.93. The Hall–Kier alpha value is -0.570. The second-order valence-electron chi connectivity index (χ2n) is 6.26. The first-order valence-corrected chi connectivity index (χ1v) is 8.09. The van der Waals surface area contributed by atoms with Gasteiger partial charge in [0.05, 0.1) is 6.54 Å². The van der Waals surface area contributed by atoms with Gasteiger partial charge in [0.1, 0.15) is 0 Å². The number of piperidine rings is 1. The van der Waals surface area contributed by atoms with Gasteiger partial charge < -0.3 is 15.5 Å². The molecule has 2 aliphatic rings. The quantitative estimate of drug-likeness (QED) is 0.415. The van der Waals surface area contributed by atoms with Crippen LogP contribution in [0.5, 0.6) is 0 Å². The Morgan fingerprint density at radius 3 is 2.23 bits per heavy atom. The van der Waals surface area contributed by atoms with Gasteiger partial charge in [-0.25, -0.2) is 0 Å². The molecule has 7 heteroatoms. The van der Waals surface area contributed by atoms with E-state index < -0.39 is 0 Å². The van der Waals surface area contributed by atoms with Crippen molar-refractivity contribution in [3.05, 3.63) is 0 Å². The summed E-state index contributed by atoms with van der Waals surface area (Å²) in [5.74, 6) is 1.69. The van der Waals surface area contributed by atoms with Crippen LogP contribution in [0.4, 0.5) is 0 Å². The Kier molecular flexibility index (Phi) is 8.45. The number of carbonyl (C=O) groups excluding carboxylic acids is 1. The molecular formula is C15H30IN5O. The van der Waals surface area contributed by atoms with Crippen LogP contribution in [0.25, 0.3) is 0 Å². The maximum Gasteiger partial charge on any atom is 0.219 e. The maximum atomic E-state index is 11.3. The van der Waals surface area contributed by atoms with Crippen molar-refractivity contribution in [1.29, 1.82) is 0 Å². The van der Waals surface area contributed by atoms with E-state index >= 15 is 0 Å². The van der Waals surface area contributed by atoms with Crippen molar-refractivity contribution < 1.29 is 4.79 Å². The Morgan fingerprint density at radius 1 is 1.09 bits per heavy atom. The van der Waals surface area contributed by atoms with Gasteiger partial charge in [-0.05, 0) is 18.8 Å². The number of nitrogens with two attached hydrogens (primary N) is 1. The van der Waals surface area contributed by atoms with E-state index in [-0.39, 0.29) is 29.9 Å². The molecule has 0 unspecified atom stereocenters. The zero-order valence-corrected chi connectivity index (χ0v) is 16.2. The largest absolute Gasteiger partial charge is 0.370 e. The molecule has 0 radical (unpaired) electrons. The van der Waals surface area contributed by atoms with E-state index in [1.54, 1.807) is 6.92 Å². The average Bonchev–Trinajstić information content (AvgIpc) is 2.48. The first-order chi connectivity index (χ1) is 10.1. The fraction of sp³-hybridized carbons (Fsp3) is 0.867. The molecular weight excluding hydrogens is 393 g/mol. The zero-order chi connectivity index (χ0) is 15.2. The molecule has 22 heavy (non-hydrogen) atoms. The van der Waals surface area contributed by atoms with Crippen molar-refractivity contribution in [2.45, 2.75) is 26.7 Å². The van der Waals surface area contributed by atoms with Gasteiger partial charge in [0.2, 0.25) is 5.91 Å². The van der Waals surface area contributed by atoms with Crippen LogP contribution in [0.1, 0.15) is 26.7 Å². The Balaban J connectivity index is 0.00000242. The Morgan fingerprint density at radius 2 is 1.68 bits per heavy atom. The predicted molar refractivity (Wildman–Crippen MR) is 101 cm³/mol. The van der Waals surface area contributed by atoms with E-state index in [9.17, 15) is 4.79 Å². The minimum Gasteiger partial charge on any atom is -0.370 e. The smallest absolute Gasteiger partial charge is 0.219 e. The van der Waals surface area contributed by atoms with E-state index in [1.807, 2.05) is 4.90 Å². The van der Waals surface area contributed by atoms with Gasteiger partial charge in [0.25, 0.3) is 0 Å². The molecule has 2 aliphatic heterocycles. The molecule has 2 N–H and O–H groups in total. The summed E-state index contributed by atoms with van der Waals surface area (Å²) in [6.45, 7) is 11.2. The normalized spacial score (nSPS) is 21.6. The number of likely N-dealkylation sites (tertiary alicyclic amines) is 1. The number of rotatable bonds is 3. The minimum atomic E-state index is 0. The second-order valence-corrected chi connectivity index (χ2v) is 6.26. The summed E-state index contributed by atoms with van der Waals surface area (Å²) in [5, 5.41) is 0. The topological polar surface area (TPSA) is 65.2 Å². The van der Waals surface area contributed by atoms with Gasteiger partial charge in [-0.1, -0.05) is 6.92 Å². The summed E-state index contributed by atoms with van der Waals surface area (Å²) in [6.07, 6.45) is 2.42. The van der Waals surface area contributed by atoms with Crippen LogP contribution >= 0.6 is 24.0 Å². The lowest BCUT2D eigenvalue weighted by Crippen LogP contribution is -2.48. The summed E-state index contributed by atoms with van der Waals surface area (Å²) in [7, 11) is 0. The van der Waals surface area contributed by atoms with Gasteiger partial charge in [-0.3, -0.25) is 14.7 Å². The lowest BCUT2D eigenvalue weighted by atomic mass is 10.00. The molecule has 0 aromatic carbocycles.